The number of benzene rings is 1. The van der Waals surface area contributed by atoms with Crippen molar-refractivity contribution in [3.05, 3.63) is 29.0 Å². The third kappa shape index (κ3) is 3.12. The largest absolute Gasteiger partial charge is 0.382 e. The van der Waals surface area contributed by atoms with Crippen molar-refractivity contribution < 1.29 is 4.39 Å². The summed E-state index contributed by atoms with van der Waals surface area (Å²) in [6.07, 6.45) is 3.62. The van der Waals surface area contributed by atoms with Gasteiger partial charge in [0.15, 0.2) is 0 Å². The lowest BCUT2D eigenvalue weighted by Crippen LogP contribution is -2.30. The monoisotopic (exact) mass is 255 g/mol. The average molecular weight is 256 g/mol. The quantitative estimate of drug-likeness (QED) is 0.807. The van der Waals surface area contributed by atoms with E-state index in [9.17, 15) is 4.39 Å². The molecule has 1 fully saturated rings. The number of nitrogens with one attached hydrogen (secondary N) is 1. The molecule has 94 valence electrons. The molecule has 0 amide bonds. The Labute approximate surface area is 107 Å². The van der Waals surface area contributed by atoms with Crippen LogP contribution in [-0.4, -0.2) is 6.04 Å². The lowest BCUT2D eigenvalue weighted by molar-refractivity contribution is 0.261. The first kappa shape index (κ1) is 12.7. The van der Waals surface area contributed by atoms with Crippen LogP contribution in [0.3, 0.4) is 0 Å². The van der Waals surface area contributed by atoms with Crippen molar-refractivity contribution in [1.29, 1.82) is 0 Å². The van der Waals surface area contributed by atoms with Crippen LogP contribution in [0.2, 0.25) is 5.02 Å². The summed E-state index contributed by atoms with van der Waals surface area (Å²) < 4.78 is 13.0. The molecule has 0 radical (unpaired) electrons. The van der Waals surface area contributed by atoms with Crippen LogP contribution < -0.4 is 5.32 Å². The summed E-state index contributed by atoms with van der Waals surface area (Å²) in [5.74, 6) is 1.20. The van der Waals surface area contributed by atoms with Crippen molar-refractivity contribution in [2.75, 3.05) is 5.32 Å². The summed E-state index contributed by atoms with van der Waals surface area (Å²) in [4.78, 5) is 0. The molecular formula is C14H19ClFN. The second-order valence-corrected chi connectivity index (χ2v) is 5.64. The van der Waals surface area contributed by atoms with Gasteiger partial charge in [-0.05, 0) is 49.3 Å². The van der Waals surface area contributed by atoms with E-state index in [1.807, 2.05) is 0 Å². The van der Waals surface area contributed by atoms with E-state index in [-0.39, 0.29) is 10.8 Å². The molecule has 2 rings (SSSR count). The highest BCUT2D eigenvalue weighted by molar-refractivity contribution is 6.31. The van der Waals surface area contributed by atoms with Gasteiger partial charge in [-0.25, -0.2) is 4.39 Å². The molecular weight excluding hydrogens is 237 g/mol. The van der Waals surface area contributed by atoms with Gasteiger partial charge in [0.25, 0.3) is 0 Å². The average Bonchev–Trinajstić information content (AvgIpc) is 2.29. The van der Waals surface area contributed by atoms with E-state index in [1.165, 1.54) is 25.3 Å². The maximum Gasteiger partial charge on any atom is 0.141 e. The first-order valence-corrected chi connectivity index (χ1v) is 6.65. The van der Waals surface area contributed by atoms with Crippen LogP contribution in [0, 0.1) is 17.7 Å². The highest BCUT2D eigenvalue weighted by Gasteiger charge is 2.24. The van der Waals surface area contributed by atoms with E-state index in [2.05, 4.69) is 19.2 Å². The molecule has 1 aromatic rings. The third-order valence-corrected chi connectivity index (χ3v) is 4.18. The third-order valence-electron chi connectivity index (χ3n) is 3.89. The molecule has 0 aliphatic heterocycles. The van der Waals surface area contributed by atoms with Crippen LogP contribution in [0.25, 0.3) is 0 Å². The number of hydrogen-bond acceptors (Lipinski definition) is 1. The normalized spacial score (nSPS) is 29.1. The second-order valence-electron chi connectivity index (χ2n) is 5.24. The summed E-state index contributed by atoms with van der Waals surface area (Å²) in [6, 6.07) is 5.32. The van der Waals surface area contributed by atoms with Crippen LogP contribution in [-0.2, 0) is 0 Å². The molecule has 3 unspecified atom stereocenters. The first-order valence-electron chi connectivity index (χ1n) is 6.28. The molecule has 1 N–H and O–H groups in total. The summed E-state index contributed by atoms with van der Waals surface area (Å²) in [7, 11) is 0. The highest BCUT2D eigenvalue weighted by atomic mass is 35.5. The Morgan fingerprint density at radius 1 is 1.24 bits per heavy atom. The van der Waals surface area contributed by atoms with Gasteiger partial charge in [0.05, 0.1) is 5.02 Å². The van der Waals surface area contributed by atoms with Crippen molar-refractivity contribution in [1.82, 2.24) is 0 Å². The number of hydrogen-bond donors (Lipinski definition) is 1. The van der Waals surface area contributed by atoms with E-state index in [4.69, 9.17) is 11.6 Å². The number of halogens is 2. The van der Waals surface area contributed by atoms with Crippen molar-refractivity contribution in [2.45, 2.75) is 39.2 Å². The Kier molecular flexibility index (Phi) is 3.93. The fourth-order valence-corrected chi connectivity index (χ4v) is 2.68. The Morgan fingerprint density at radius 3 is 2.65 bits per heavy atom. The van der Waals surface area contributed by atoms with Crippen LogP contribution >= 0.6 is 11.6 Å². The molecule has 17 heavy (non-hydrogen) atoms. The molecule has 3 heteroatoms. The van der Waals surface area contributed by atoms with Crippen molar-refractivity contribution >= 4 is 17.3 Å². The number of rotatable bonds is 2. The first-order chi connectivity index (χ1) is 8.06. The summed E-state index contributed by atoms with van der Waals surface area (Å²) in [6.45, 7) is 4.62. The molecule has 1 nitrogen and oxygen atoms in total. The summed E-state index contributed by atoms with van der Waals surface area (Å²) >= 11 is 5.77. The molecule has 3 atom stereocenters. The molecule has 1 saturated carbocycles. The van der Waals surface area contributed by atoms with Gasteiger partial charge in [-0.15, -0.1) is 0 Å². The minimum absolute atomic E-state index is 0.187. The molecule has 0 spiro atoms. The second kappa shape index (κ2) is 5.26. The minimum Gasteiger partial charge on any atom is -0.382 e. The standard InChI is InChI=1S/C14H19ClFN/c1-9-3-4-11(7-10(9)2)17-12-5-6-14(16)13(15)8-12/h5-6,8-11,17H,3-4,7H2,1-2H3. The zero-order chi connectivity index (χ0) is 12.4. The molecule has 0 saturated heterocycles. The lowest BCUT2D eigenvalue weighted by atomic mass is 9.79. The molecule has 0 aromatic heterocycles. The van der Waals surface area contributed by atoms with Crippen molar-refractivity contribution in [2.24, 2.45) is 11.8 Å². The molecule has 1 aliphatic rings. The van der Waals surface area contributed by atoms with E-state index in [0.29, 0.717) is 6.04 Å². The smallest absolute Gasteiger partial charge is 0.141 e. The fourth-order valence-electron chi connectivity index (χ4n) is 2.50. The molecule has 1 aromatic carbocycles. The van der Waals surface area contributed by atoms with Crippen molar-refractivity contribution in [3.8, 4) is 0 Å². The molecule has 0 bridgehead atoms. The van der Waals surface area contributed by atoms with Gasteiger partial charge in [-0.2, -0.15) is 0 Å². The van der Waals surface area contributed by atoms with Crippen LogP contribution in [0.1, 0.15) is 33.1 Å². The highest BCUT2D eigenvalue weighted by Crippen LogP contribution is 2.31. The SMILES string of the molecule is CC1CCC(Nc2ccc(F)c(Cl)c2)CC1C. The predicted molar refractivity (Wildman–Crippen MR) is 71.0 cm³/mol. The van der Waals surface area contributed by atoms with E-state index in [0.717, 1.165) is 17.5 Å². The van der Waals surface area contributed by atoms with Crippen LogP contribution in [0.15, 0.2) is 18.2 Å². The van der Waals surface area contributed by atoms with Crippen LogP contribution in [0.5, 0.6) is 0 Å². The Bertz CT molecular complexity index is 394. The Balaban J connectivity index is 1.99. The van der Waals surface area contributed by atoms with Gasteiger partial charge >= 0.3 is 0 Å². The maximum atomic E-state index is 13.0. The minimum atomic E-state index is -0.358. The fraction of sp³-hybridized carbons (Fsp3) is 0.571. The Hall–Kier alpha value is -0.760. The van der Waals surface area contributed by atoms with Gasteiger partial charge in [0.1, 0.15) is 5.82 Å². The summed E-state index contributed by atoms with van der Waals surface area (Å²) in [5.41, 5.74) is 0.920. The lowest BCUT2D eigenvalue weighted by Gasteiger charge is -2.33. The zero-order valence-corrected chi connectivity index (χ0v) is 11.1. The maximum absolute atomic E-state index is 13.0. The molecule has 0 heterocycles. The van der Waals surface area contributed by atoms with E-state index in [1.54, 1.807) is 12.1 Å². The number of anilines is 1. The predicted octanol–water partition coefficient (Wildman–Crippen LogP) is 4.72. The van der Waals surface area contributed by atoms with E-state index < -0.39 is 0 Å². The Morgan fingerprint density at radius 2 is 2.00 bits per heavy atom. The topological polar surface area (TPSA) is 12.0 Å². The van der Waals surface area contributed by atoms with Crippen LogP contribution in [0.4, 0.5) is 10.1 Å². The van der Waals surface area contributed by atoms with Gasteiger partial charge in [-0.1, -0.05) is 25.4 Å². The molecule has 1 aliphatic carbocycles. The van der Waals surface area contributed by atoms with Gasteiger partial charge in [0.2, 0.25) is 0 Å². The van der Waals surface area contributed by atoms with E-state index >= 15 is 0 Å². The van der Waals surface area contributed by atoms with Gasteiger partial charge in [-0.3, -0.25) is 0 Å². The van der Waals surface area contributed by atoms with Gasteiger partial charge < -0.3 is 5.32 Å². The zero-order valence-electron chi connectivity index (χ0n) is 10.3. The summed E-state index contributed by atoms with van der Waals surface area (Å²) in [5, 5.41) is 3.64. The van der Waals surface area contributed by atoms with Crippen molar-refractivity contribution in [3.63, 3.8) is 0 Å². The van der Waals surface area contributed by atoms with Gasteiger partial charge in [0, 0.05) is 11.7 Å².